The second-order valence-electron chi connectivity index (χ2n) is 6.24. The lowest BCUT2D eigenvalue weighted by Gasteiger charge is -2.26. The maximum Gasteiger partial charge on any atom is 0.304 e. The number of hydrogen-bond acceptors (Lipinski definition) is 2. The molecule has 0 amide bonds. The number of carboxylic acid groups (broad SMARTS) is 1. The highest BCUT2D eigenvalue weighted by atomic mass is 35.5. The summed E-state index contributed by atoms with van der Waals surface area (Å²) in [4.78, 5) is 11.0. The molecular weight excluding hydrogens is 276 g/mol. The first-order valence-electron chi connectivity index (χ1n) is 7.08. The lowest BCUT2D eigenvalue weighted by molar-refractivity contribution is -0.138. The number of halogens is 1. The molecule has 20 heavy (non-hydrogen) atoms. The average Bonchev–Trinajstić information content (AvgIpc) is 2.57. The molecule has 0 bridgehead atoms. The first-order chi connectivity index (χ1) is 9.33. The van der Waals surface area contributed by atoms with Crippen molar-refractivity contribution in [2.45, 2.75) is 57.8 Å². The number of aryl methyl sites for hydroxylation is 1. The van der Waals surface area contributed by atoms with Crippen molar-refractivity contribution in [1.82, 2.24) is 0 Å². The maximum absolute atomic E-state index is 11.0. The smallest absolute Gasteiger partial charge is 0.304 e. The van der Waals surface area contributed by atoms with Crippen LogP contribution < -0.4 is 0 Å². The first kappa shape index (κ1) is 15.2. The molecule has 0 radical (unpaired) electrons. The van der Waals surface area contributed by atoms with Crippen molar-refractivity contribution in [1.29, 1.82) is 0 Å². The van der Waals surface area contributed by atoms with Crippen LogP contribution in [0.5, 0.6) is 5.75 Å². The number of benzene rings is 1. The van der Waals surface area contributed by atoms with E-state index in [1.54, 1.807) is 0 Å². The number of carbonyl (C=O) groups is 1. The Hall–Kier alpha value is -1.22. The lowest BCUT2D eigenvalue weighted by atomic mass is 9.79. The molecule has 0 unspecified atom stereocenters. The summed E-state index contributed by atoms with van der Waals surface area (Å²) in [5.74, 6) is -0.820. The molecule has 0 heterocycles. The topological polar surface area (TPSA) is 57.5 Å². The summed E-state index contributed by atoms with van der Waals surface area (Å²) in [7, 11) is 0. The van der Waals surface area contributed by atoms with Gasteiger partial charge in [0.2, 0.25) is 0 Å². The van der Waals surface area contributed by atoms with E-state index in [0.717, 1.165) is 31.2 Å². The van der Waals surface area contributed by atoms with Gasteiger partial charge in [-0.25, -0.2) is 0 Å². The lowest BCUT2D eigenvalue weighted by Crippen LogP contribution is -2.22. The molecule has 2 N–H and O–H groups in total. The van der Waals surface area contributed by atoms with Crippen molar-refractivity contribution < 1.29 is 15.0 Å². The highest BCUT2D eigenvalue weighted by Crippen LogP contribution is 2.42. The van der Waals surface area contributed by atoms with Gasteiger partial charge in [-0.2, -0.15) is 0 Å². The molecule has 4 heteroatoms. The van der Waals surface area contributed by atoms with Gasteiger partial charge in [0.1, 0.15) is 5.75 Å². The molecule has 0 aliphatic heterocycles. The van der Waals surface area contributed by atoms with E-state index in [2.05, 4.69) is 0 Å². The molecule has 1 aliphatic rings. The molecule has 0 atom stereocenters. The van der Waals surface area contributed by atoms with E-state index >= 15 is 0 Å². The van der Waals surface area contributed by atoms with Crippen LogP contribution in [0.4, 0.5) is 0 Å². The Morgan fingerprint density at radius 3 is 2.60 bits per heavy atom. The van der Waals surface area contributed by atoms with Gasteiger partial charge < -0.3 is 10.2 Å². The monoisotopic (exact) mass is 296 g/mol. The molecular formula is C16H21ClO3. The van der Waals surface area contributed by atoms with Crippen LogP contribution in [0.25, 0.3) is 0 Å². The van der Waals surface area contributed by atoms with E-state index in [1.807, 2.05) is 19.9 Å². The van der Waals surface area contributed by atoms with Gasteiger partial charge in [-0.1, -0.05) is 37.9 Å². The van der Waals surface area contributed by atoms with E-state index in [9.17, 15) is 9.90 Å². The number of rotatable bonds is 3. The Morgan fingerprint density at radius 2 is 1.95 bits per heavy atom. The van der Waals surface area contributed by atoms with E-state index in [1.165, 1.54) is 12.0 Å². The minimum Gasteiger partial charge on any atom is -0.506 e. The average molecular weight is 297 g/mol. The fourth-order valence-electron chi connectivity index (χ4n) is 3.01. The van der Waals surface area contributed by atoms with Crippen LogP contribution in [0, 0.1) is 0 Å². The fraction of sp³-hybridized carbons (Fsp3) is 0.562. The number of aromatic hydroxyl groups is 1. The van der Waals surface area contributed by atoms with Gasteiger partial charge in [0.05, 0.1) is 11.4 Å². The van der Waals surface area contributed by atoms with Crippen LogP contribution in [-0.2, 0) is 23.1 Å². The van der Waals surface area contributed by atoms with E-state index in [-0.39, 0.29) is 12.2 Å². The van der Waals surface area contributed by atoms with Crippen LogP contribution in [0.2, 0.25) is 5.02 Å². The molecule has 110 valence electrons. The summed E-state index contributed by atoms with van der Waals surface area (Å²) in [6.07, 6.45) is 5.18. The maximum atomic E-state index is 11.0. The van der Waals surface area contributed by atoms with Gasteiger partial charge in [-0.05, 0) is 36.8 Å². The van der Waals surface area contributed by atoms with E-state index in [0.29, 0.717) is 10.6 Å². The van der Waals surface area contributed by atoms with Crippen molar-refractivity contribution in [3.05, 3.63) is 27.8 Å². The predicted octanol–water partition coefficient (Wildman–Crippen LogP) is 4.07. The van der Waals surface area contributed by atoms with Crippen LogP contribution in [0.15, 0.2) is 6.07 Å². The van der Waals surface area contributed by atoms with Crippen LogP contribution >= 0.6 is 11.6 Å². The normalized spacial score (nSPS) is 15.6. The Balaban J connectivity index is 2.52. The van der Waals surface area contributed by atoms with Gasteiger partial charge in [0.25, 0.3) is 0 Å². The Morgan fingerprint density at radius 1 is 1.30 bits per heavy atom. The molecule has 0 fully saturated rings. The summed E-state index contributed by atoms with van der Waals surface area (Å²) in [6, 6.07) is 1.96. The van der Waals surface area contributed by atoms with Crippen molar-refractivity contribution in [2.75, 3.05) is 0 Å². The quantitative estimate of drug-likeness (QED) is 0.827. The van der Waals surface area contributed by atoms with Gasteiger partial charge >= 0.3 is 5.97 Å². The standard InChI is InChI=1S/C16H21ClO3/c1-16(2,9-13(18)19)12-8-10-6-4-3-5-7-11(10)14(17)15(12)20/h8,20H,3-7,9H2,1-2H3,(H,18,19). The van der Waals surface area contributed by atoms with Gasteiger partial charge in [-0.3, -0.25) is 4.79 Å². The summed E-state index contributed by atoms with van der Waals surface area (Å²) in [5, 5.41) is 19.8. The Kier molecular flexibility index (Phi) is 4.28. The summed E-state index contributed by atoms with van der Waals surface area (Å²) < 4.78 is 0. The van der Waals surface area contributed by atoms with E-state index < -0.39 is 11.4 Å². The molecule has 1 aromatic rings. The molecule has 1 aromatic carbocycles. The number of phenolic OH excluding ortho intramolecular Hbond substituents is 1. The first-order valence-corrected chi connectivity index (χ1v) is 7.46. The number of hydrogen-bond donors (Lipinski definition) is 2. The zero-order valence-electron chi connectivity index (χ0n) is 12.0. The summed E-state index contributed by atoms with van der Waals surface area (Å²) >= 11 is 6.33. The fourth-order valence-corrected chi connectivity index (χ4v) is 3.33. The largest absolute Gasteiger partial charge is 0.506 e. The molecule has 0 saturated carbocycles. The molecule has 2 rings (SSSR count). The highest BCUT2D eigenvalue weighted by molar-refractivity contribution is 6.33. The molecule has 0 aromatic heterocycles. The van der Waals surface area contributed by atoms with Crippen LogP contribution in [-0.4, -0.2) is 16.2 Å². The minimum absolute atomic E-state index is 0.0321. The molecule has 1 aliphatic carbocycles. The third-order valence-corrected chi connectivity index (χ3v) is 4.54. The molecule has 0 saturated heterocycles. The number of fused-ring (bicyclic) bond motifs is 1. The SMILES string of the molecule is CC(C)(CC(=O)O)c1cc2c(c(Cl)c1O)CCCCC2. The molecule has 3 nitrogen and oxygen atoms in total. The zero-order valence-corrected chi connectivity index (χ0v) is 12.8. The number of phenols is 1. The third-order valence-electron chi connectivity index (χ3n) is 4.13. The molecule has 0 spiro atoms. The van der Waals surface area contributed by atoms with Crippen molar-refractivity contribution >= 4 is 17.6 Å². The Bertz CT molecular complexity index is 535. The zero-order chi connectivity index (χ0) is 14.9. The number of carboxylic acids is 1. The van der Waals surface area contributed by atoms with Crippen molar-refractivity contribution in [2.24, 2.45) is 0 Å². The van der Waals surface area contributed by atoms with Gasteiger partial charge in [-0.15, -0.1) is 0 Å². The van der Waals surface area contributed by atoms with Crippen LogP contribution in [0.1, 0.15) is 56.2 Å². The highest BCUT2D eigenvalue weighted by Gasteiger charge is 2.30. The van der Waals surface area contributed by atoms with Crippen molar-refractivity contribution in [3.63, 3.8) is 0 Å². The number of aliphatic carboxylic acids is 1. The second kappa shape index (κ2) is 5.65. The predicted molar refractivity (Wildman–Crippen MR) is 79.7 cm³/mol. The van der Waals surface area contributed by atoms with Gasteiger partial charge in [0.15, 0.2) is 0 Å². The van der Waals surface area contributed by atoms with Crippen molar-refractivity contribution in [3.8, 4) is 5.75 Å². The summed E-state index contributed by atoms with van der Waals surface area (Å²) in [5.41, 5.74) is 2.21. The second-order valence-corrected chi connectivity index (χ2v) is 6.62. The Labute approximate surface area is 124 Å². The van der Waals surface area contributed by atoms with Crippen LogP contribution in [0.3, 0.4) is 0 Å². The van der Waals surface area contributed by atoms with E-state index in [4.69, 9.17) is 16.7 Å². The van der Waals surface area contributed by atoms with Gasteiger partial charge in [0, 0.05) is 11.0 Å². The minimum atomic E-state index is -0.875. The summed E-state index contributed by atoms with van der Waals surface area (Å²) in [6.45, 7) is 3.66. The third kappa shape index (κ3) is 2.93.